The monoisotopic (exact) mass is 400 g/mol. The zero-order valence-corrected chi connectivity index (χ0v) is 16.7. The predicted molar refractivity (Wildman–Crippen MR) is 107 cm³/mol. The van der Waals surface area contributed by atoms with E-state index in [0.29, 0.717) is 31.1 Å². The van der Waals surface area contributed by atoms with Gasteiger partial charge in [0.15, 0.2) is 11.5 Å². The third-order valence-electron chi connectivity index (χ3n) is 3.42. The van der Waals surface area contributed by atoms with Crippen molar-refractivity contribution in [2.45, 2.75) is 20.0 Å². The van der Waals surface area contributed by atoms with Crippen LogP contribution in [0.4, 0.5) is 5.69 Å². The lowest BCUT2D eigenvalue weighted by atomic mass is 10.1. The van der Waals surface area contributed by atoms with E-state index in [1.54, 1.807) is 13.2 Å². The zero-order chi connectivity index (χ0) is 18.3. The minimum Gasteiger partial charge on any atom is -0.493 e. The van der Waals surface area contributed by atoms with Gasteiger partial charge in [0.2, 0.25) is 10.0 Å². The molecule has 0 saturated carbocycles. The molecule has 0 amide bonds. The van der Waals surface area contributed by atoms with Crippen molar-refractivity contribution in [2.24, 2.45) is 0 Å². The van der Waals surface area contributed by atoms with Crippen LogP contribution in [0, 0.1) is 0 Å². The number of sulfonamides is 1. The molecule has 0 saturated heterocycles. The highest BCUT2D eigenvalue weighted by Gasteiger charge is 2.06. The molecule has 26 heavy (non-hydrogen) atoms. The standard InChI is InChI=1S/C18H24N2O4S.ClH/c1-4-24-17-9-8-15(11-18(17)23-2)13-19-12-14-6-5-7-16(10-14)20-25(3,21)22;/h5-11,19-20H,4,12-13H2,1-3H3;1H. The largest absolute Gasteiger partial charge is 0.493 e. The molecule has 2 rings (SSSR count). The summed E-state index contributed by atoms with van der Waals surface area (Å²) in [6, 6.07) is 13.1. The van der Waals surface area contributed by atoms with Gasteiger partial charge in [-0.2, -0.15) is 0 Å². The second-order valence-corrected chi connectivity index (χ2v) is 7.34. The first-order valence-corrected chi connectivity index (χ1v) is 9.87. The fraction of sp³-hybridized carbons (Fsp3) is 0.333. The van der Waals surface area contributed by atoms with Crippen molar-refractivity contribution in [1.29, 1.82) is 0 Å². The highest BCUT2D eigenvalue weighted by atomic mass is 35.5. The molecular formula is C18H25ClN2O4S. The average Bonchev–Trinajstić information content (AvgIpc) is 2.55. The van der Waals surface area contributed by atoms with Crippen LogP contribution in [0.3, 0.4) is 0 Å². The number of rotatable bonds is 9. The Bertz CT molecular complexity index is 813. The molecule has 2 N–H and O–H groups in total. The summed E-state index contributed by atoms with van der Waals surface area (Å²) in [5, 5.41) is 3.34. The van der Waals surface area contributed by atoms with Gasteiger partial charge < -0.3 is 14.8 Å². The van der Waals surface area contributed by atoms with Gasteiger partial charge in [0.05, 0.1) is 20.0 Å². The highest BCUT2D eigenvalue weighted by molar-refractivity contribution is 7.92. The van der Waals surface area contributed by atoms with Gasteiger partial charge in [0.1, 0.15) is 0 Å². The van der Waals surface area contributed by atoms with E-state index in [-0.39, 0.29) is 12.4 Å². The summed E-state index contributed by atoms with van der Waals surface area (Å²) in [4.78, 5) is 0. The van der Waals surface area contributed by atoms with E-state index < -0.39 is 10.0 Å². The minimum absolute atomic E-state index is 0. The molecule has 0 radical (unpaired) electrons. The van der Waals surface area contributed by atoms with Gasteiger partial charge in [-0.25, -0.2) is 8.42 Å². The summed E-state index contributed by atoms with van der Waals surface area (Å²) in [7, 11) is -1.65. The summed E-state index contributed by atoms with van der Waals surface area (Å²) in [5.74, 6) is 1.44. The second kappa shape index (κ2) is 10.3. The van der Waals surface area contributed by atoms with Gasteiger partial charge in [-0.15, -0.1) is 12.4 Å². The lowest BCUT2D eigenvalue weighted by molar-refractivity contribution is 0.310. The van der Waals surface area contributed by atoms with Gasteiger partial charge in [-0.1, -0.05) is 18.2 Å². The quantitative estimate of drug-likeness (QED) is 0.676. The number of halogens is 1. The zero-order valence-electron chi connectivity index (χ0n) is 15.1. The molecule has 0 aliphatic heterocycles. The van der Waals surface area contributed by atoms with Crippen molar-refractivity contribution < 1.29 is 17.9 Å². The fourth-order valence-electron chi connectivity index (χ4n) is 2.41. The SMILES string of the molecule is CCOc1ccc(CNCc2cccc(NS(C)(=O)=O)c2)cc1OC.Cl. The topological polar surface area (TPSA) is 76.7 Å². The third kappa shape index (κ3) is 7.11. The summed E-state index contributed by atoms with van der Waals surface area (Å²) in [6.45, 7) is 3.80. The predicted octanol–water partition coefficient (Wildman–Crippen LogP) is 3.18. The molecule has 8 heteroatoms. The minimum atomic E-state index is -3.27. The molecular weight excluding hydrogens is 376 g/mol. The van der Waals surface area contributed by atoms with Crippen molar-refractivity contribution >= 4 is 28.1 Å². The van der Waals surface area contributed by atoms with Gasteiger partial charge >= 0.3 is 0 Å². The Balaban J connectivity index is 0.00000338. The van der Waals surface area contributed by atoms with Crippen LogP contribution < -0.4 is 19.5 Å². The number of ether oxygens (including phenoxy) is 2. The van der Waals surface area contributed by atoms with Crippen molar-refractivity contribution in [3.63, 3.8) is 0 Å². The van der Waals surface area contributed by atoms with Crippen LogP contribution in [-0.2, 0) is 23.1 Å². The molecule has 0 bridgehead atoms. The van der Waals surface area contributed by atoms with Crippen LogP contribution in [0.15, 0.2) is 42.5 Å². The van der Waals surface area contributed by atoms with Crippen molar-refractivity contribution in [3.8, 4) is 11.5 Å². The number of anilines is 1. The van der Waals surface area contributed by atoms with Crippen LogP contribution in [0.25, 0.3) is 0 Å². The van der Waals surface area contributed by atoms with Gasteiger partial charge in [0.25, 0.3) is 0 Å². The maximum atomic E-state index is 11.3. The van der Waals surface area contributed by atoms with E-state index >= 15 is 0 Å². The third-order valence-corrected chi connectivity index (χ3v) is 4.02. The average molecular weight is 401 g/mol. The molecule has 2 aromatic carbocycles. The number of hydrogen-bond donors (Lipinski definition) is 2. The highest BCUT2D eigenvalue weighted by Crippen LogP contribution is 2.28. The molecule has 0 spiro atoms. The first-order chi connectivity index (χ1) is 11.9. The van der Waals surface area contributed by atoms with E-state index in [2.05, 4.69) is 10.0 Å². The van der Waals surface area contributed by atoms with Crippen LogP contribution in [0.1, 0.15) is 18.1 Å². The molecule has 2 aromatic rings. The molecule has 0 aromatic heterocycles. The Morgan fingerprint density at radius 2 is 1.69 bits per heavy atom. The summed E-state index contributed by atoms with van der Waals surface area (Å²) >= 11 is 0. The molecule has 6 nitrogen and oxygen atoms in total. The van der Waals surface area contributed by atoms with E-state index in [9.17, 15) is 8.42 Å². The molecule has 0 fully saturated rings. The van der Waals surface area contributed by atoms with E-state index in [1.807, 2.05) is 43.3 Å². The van der Waals surface area contributed by atoms with Gasteiger partial charge in [0, 0.05) is 18.8 Å². The van der Waals surface area contributed by atoms with Gasteiger partial charge in [-0.05, 0) is 42.3 Å². The summed E-state index contributed by atoms with van der Waals surface area (Å²) < 4.78 is 35.9. The van der Waals surface area contributed by atoms with Crippen LogP contribution in [-0.4, -0.2) is 28.4 Å². The number of benzene rings is 2. The fourth-order valence-corrected chi connectivity index (χ4v) is 2.96. The van der Waals surface area contributed by atoms with E-state index in [4.69, 9.17) is 9.47 Å². The molecule has 0 aliphatic rings. The second-order valence-electron chi connectivity index (χ2n) is 5.60. The van der Waals surface area contributed by atoms with Crippen molar-refractivity contribution in [2.75, 3.05) is 24.7 Å². The summed E-state index contributed by atoms with van der Waals surface area (Å²) in [6.07, 6.45) is 1.14. The number of hydrogen-bond acceptors (Lipinski definition) is 5. The first-order valence-electron chi connectivity index (χ1n) is 7.98. The smallest absolute Gasteiger partial charge is 0.229 e. The van der Waals surface area contributed by atoms with E-state index in [0.717, 1.165) is 23.1 Å². The van der Waals surface area contributed by atoms with E-state index in [1.165, 1.54) is 0 Å². The number of methoxy groups -OCH3 is 1. The molecule has 144 valence electrons. The molecule has 0 unspecified atom stereocenters. The lowest BCUT2D eigenvalue weighted by Gasteiger charge is -2.12. The maximum absolute atomic E-state index is 11.3. The maximum Gasteiger partial charge on any atom is 0.229 e. The van der Waals surface area contributed by atoms with Crippen LogP contribution in [0.5, 0.6) is 11.5 Å². The summed E-state index contributed by atoms with van der Waals surface area (Å²) in [5.41, 5.74) is 2.63. The lowest BCUT2D eigenvalue weighted by Crippen LogP contribution is -2.14. The first kappa shape index (κ1) is 22.1. The molecule has 0 atom stereocenters. The Morgan fingerprint density at radius 3 is 2.31 bits per heavy atom. The Labute approximate surface area is 161 Å². The Morgan fingerprint density at radius 1 is 1.00 bits per heavy atom. The van der Waals surface area contributed by atoms with Crippen molar-refractivity contribution in [3.05, 3.63) is 53.6 Å². The Kier molecular flexibility index (Phi) is 8.71. The normalized spacial score (nSPS) is 10.7. The van der Waals surface area contributed by atoms with Crippen molar-refractivity contribution in [1.82, 2.24) is 5.32 Å². The van der Waals surface area contributed by atoms with Crippen LogP contribution in [0.2, 0.25) is 0 Å². The number of nitrogens with one attached hydrogen (secondary N) is 2. The Hall–Kier alpha value is -1.96. The molecule has 0 heterocycles. The molecule has 0 aliphatic carbocycles. The van der Waals surface area contributed by atoms with Gasteiger partial charge in [-0.3, -0.25) is 4.72 Å². The van der Waals surface area contributed by atoms with Crippen LogP contribution >= 0.6 is 12.4 Å².